The molecule has 1 aliphatic rings. The Hall–Kier alpha value is -3.48. The smallest absolute Gasteiger partial charge is 0.251 e. The van der Waals surface area contributed by atoms with Gasteiger partial charge >= 0.3 is 0 Å². The van der Waals surface area contributed by atoms with Crippen molar-refractivity contribution in [2.45, 2.75) is 25.3 Å². The minimum Gasteiger partial charge on any atom is -0.361 e. The topological polar surface area (TPSA) is 62.7 Å². The molecule has 0 fully saturated rings. The van der Waals surface area contributed by atoms with Gasteiger partial charge in [0, 0.05) is 34.6 Å². The lowest BCUT2D eigenvalue weighted by Crippen LogP contribution is -2.31. The molecule has 1 aliphatic carbocycles. The molecule has 0 saturated carbocycles. The molecule has 5 rings (SSSR count). The minimum absolute atomic E-state index is 0.167. The molecule has 29 heavy (non-hydrogen) atoms. The van der Waals surface area contributed by atoms with Crippen molar-refractivity contribution in [3.8, 4) is 5.69 Å². The number of carbonyl (C=O) groups is 1. The Balaban J connectivity index is 1.44. The van der Waals surface area contributed by atoms with Gasteiger partial charge in [-0.25, -0.2) is 13.5 Å². The van der Waals surface area contributed by atoms with Crippen LogP contribution >= 0.6 is 0 Å². The number of benzene rings is 2. The molecule has 146 valence electrons. The van der Waals surface area contributed by atoms with Crippen LogP contribution < -0.4 is 5.32 Å². The van der Waals surface area contributed by atoms with E-state index in [-0.39, 0.29) is 17.6 Å². The number of aromatic nitrogens is 3. The zero-order chi connectivity index (χ0) is 20.0. The predicted molar refractivity (Wildman–Crippen MR) is 105 cm³/mol. The lowest BCUT2D eigenvalue weighted by atomic mass is 9.92. The average molecular weight is 392 g/mol. The summed E-state index contributed by atoms with van der Waals surface area (Å²) in [5, 5.41) is 8.44. The van der Waals surface area contributed by atoms with Crippen molar-refractivity contribution in [2.75, 3.05) is 0 Å². The van der Waals surface area contributed by atoms with Crippen LogP contribution in [0.25, 0.3) is 16.6 Å². The Morgan fingerprint density at radius 1 is 1.17 bits per heavy atom. The fourth-order valence-electron chi connectivity index (χ4n) is 4.00. The van der Waals surface area contributed by atoms with Crippen LogP contribution in [0.15, 0.2) is 54.9 Å². The largest absolute Gasteiger partial charge is 0.361 e. The zero-order valence-electron chi connectivity index (χ0n) is 15.5. The van der Waals surface area contributed by atoms with Gasteiger partial charge in [-0.05, 0) is 55.0 Å². The highest BCUT2D eigenvalue weighted by atomic mass is 19.1. The first-order valence-electron chi connectivity index (χ1n) is 9.50. The van der Waals surface area contributed by atoms with Crippen molar-refractivity contribution < 1.29 is 13.6 Å². The number of H-pyrrole nitrogens is 1. The summed E-state index contributed by atoms with van der Waals surface area (Å²) in [5.41, 5.74) is 3.39. The van der Waals surface area contributed by atoms with Gasteiger partial charge in [0.05, 0.1) is 12.2 Å². The second-order valence-corrected chi connectivity index (χ2v) is 7.25. The van der Waals surface area contributed by atoms with E-state index in [1.54, 1.807) is 12.3 Å². The number of carbonyl (C=O) groups excluding carboxylic acids is 1. The third-order valence-corrected chi connectivity index (χ3v) is 5.44. The van der Waals surface area contributed by atoms with Crippen LogP contribution in [-0.4, -0.2) is 20.7 Å². The molecule has 0 unspecified atom stereocenters. The highest BCUT2D eigenvalue weighted by Gasteiger charge is 2.27. The molecule has 1 amide bonds. The Kier molecular flexibility index (Phi) is 4.16. The van der Waals surface area contributed by atoms with E-state index in [9.17, 15) is 13.6 Å². The SMILES string of the molecule is O=C(N[C@@H]1CCCc2c1cnn2-c1ccc(F)cc1F)c1ccc2cc[nH]c2c1. The van der Waals surface area contributed by atoms with Gasteiger partial charge in [-0.2, -0.15) is 5.10 Å². The second kappa shape index (κ2) is 6.84. The number of hydrogen-bond acceptors (Lipinski definition) is 2. The summed E-state index contributed by atoms with van der Waals surface area (Å²) in [7, 11) is 0. The van der Waals surface area contributed by atoms with E-state index in [1.165, 1.54) is 16.8 Å². The van der Waals surface area contributed by atoms with Gasteiger partial charge in [0.1, 0.15) is 11.5 Å². The van der Waals surface area contributed by atoms with Crippen molar-refractivity contribution in [3.05, 3.63) is 83.3 Å². The summed E-state index contributed by atoms with van der Waals surface area (Å²) in [5.74, 6) is -1.46. The number of nitrogens with zero attached hydrogens (tertiary/aromatic N) is 2. The Morgan fingerprint density at radius 2 is 2.07 bits per heavy atom. The molecule has 0 saturated heterocycles. The number of amides is 1. The molecule has 1 atom stereocenters. The first-order chi connectivity index (χ1) is 14.1. The lowest BCUT2D eigenvalue weighted by Gasteiger charge is -2.24. The van der Waals surface area contributed by atoms with Crippen LogP contribution in [0.3, 0.4) is 0 Å². The van der Waals surface area contributed by atoms with Gasteiger partial charge in [0.25, 0.3) is 5.91 Å². The van der Waals surface area contributed by atoms with Crippen molar-refractivity contribution in [1.29, 1.82) is 0 Å². The van der Waals surface area contributed by atoms with Crippen LogP contribution in [0.2, 0.25) is 0 Å². The van der Waals surface area contributed by atoms with Crippen LogP contribution in [-0.2, 0) is 6.42 Å². The second-order valence-electron chi connectivity index (χ2n) is 7.25. The molecule has 2 N–H and O–H groups in total. The molecule has 0 bridgehead atoms. The number of aromatic amines is 1. The number of halogens is 2. The van der Waals surface area contributed by atoms with E-state index in [4.69, 9.17) is 0 Å². The maximum atomic E-state index is 14.2. The number of rotatable bonds is 3. The molecule has 5 nitrogen and oxygen atoms in total. The van der Waals surface area contributed by atoms with Crippen LogP contribution in [0, 0.1) is 11.6 Å². The lowest BCUT2D eigenvalue weighted by molar-refractivity contribution is 0.0933. The third-order valence-electron chi connectivity index (χ3n) is 5.44. The van der Waals surface area contributed by atoms with Crippen LogP contribution in [0.5, 0.6) is 0 Å². The van der Waals surface area contributed by atoms with Gasteiger partial charge in [-0.3, -0.25) is 4.79 Å². The van der Waals surface area contributed by atoms with Gasteiger partial charge < -0.3 is 10.3 Å². The van der Waals surface area contributed by atoms with E-state index < -0.39 is 11.6 Å². The van der Waals surface area contributed by atoms with Gasteiger partial charge in [-0.1, -0.05) is 6.07 Å². The normalized spacial score (nSPS) is 16.0. The highest BCUT2D eigenvalue weighted by molar-refractivity contribution is 5.98. The number of fused-ring (bicyclic) bond motifs is 2. The van der Waals surface area contributed by atoms with Crippen molar-refractivity contribution in [1.82, 2.24) is 20.1 Å². The summed E-state index contributed by atoms with van der Waals surface area (Å²) in [6.45, 7) is 0. The Labute approximate surface area is 165 Å². The molecular weight excluding hydrogens is 374 g/mol. The van der Waals surface area contributed by atoms with Gasteiger partial charge in [0.15, 0.2) is 5.82 Å². The van der Waals surface area contributed by atoms with E-state index >= 15 is 0 Å². The van der Waals surface area contributed by atoms with Crippen molar-refractivity contribution in [2.24, 2.45) is 0 Å². The monoisotopic (exact) mass is 392 g/mol. The molecular formula is C22H18F2N4O. The van der Waals surface area contributed by atoms with Crippen LogP contribution in [0.1, 0.15) is 40.5 Å². The van der Waals surface area contributed by atoms with Crippen molar-refractivity contribution >= 4 is 16.8 Å². The molecule has 7 heteroatoms. The van der Waals surface area contributed by atoms with E-state index in [0.29, 0.717) is 12.0 Å². The fraction of sp³-hybridized carbons (Fsp3) is 0.182. The quantitative estimate of drug-likeness (QED) is 0.541. The maximum absolute atomic E-state index is 14.2. The Bertz CT molecular complexity index is 1230. The minimum atomic E-state index is -0.665. The standard InChI is InChI=1S/C22H18F2N4O/c23-15-6-7-21(17(24)11-15)28-20-3-1-2-18(16(20)12-26-28)27-22(29)14-5-4-13-8-9-25-19(13)10-14/h4-12,18,25H,1-3H2,(H,27,29)/t18-/m1/s1. The number of hydrogen-bond donors (Lipinski definition) is 2. The van der Waals surface area contributed by atoms with Crippen molar-refractivity contribution in [3.63, 3.8) is 0 Å². The Morgan fingerprint density at radius 3 is 2.93 bits per heavy atom. The first kappa shape index (κ1) is 17.6. The van der Waals surface area contributed by atoms with E-state index in [1.807, 2.05) is 24.4 Å². The molecule has 2 heterocycles. The molecule has 0 spiro atoms. The van der Waals surface area contributed by atoms with E-state index in [0.717, 1.165) is 41.1 Å². The summed E-state index contributed by atoms with van der Waals surface area (Å²) < 4.78 is 29.0. The zero-order valence-corrected chi connectivity index (χ0v) is 15.5. The highest BCUT2D eigenvalue weighted by Crippen LogP contribution is 2.32. The summed E-state index contributed by atoms with van der Waals surface area (Å²) >= 11 is 0. The fourth-order valence-corrected chi connectivity index (χ4v) is 4.00. The predicted octanol–water partition coefficient (Wildman–Crippen LogP) is 4.44. The van der Waals surface area contributed by atoms with Gasteiger partial charge in [0.2, 0.25) is 0 Å². The molecule has 4 aromatic rings. The summed E-state index contributed by atoms with van der Waals surface area (Å²) in [6, 6.07) is 10.7. The van der Waals surface area contributed by atoms with E-state index in [2.05, 4.69) is 15.4 Å². The summed E-state index contributed by atoms with van der Waals surface area (Å²) in [4.78, 5) is 15.9. The molecule has 2 aromatic heterocycles. The third kappa shape index (κ3) is 3.08. The summed E-state index contributed by atoms with van der Waals surface area (Å²) in [6.07, 6.45) is 5.83. The molecule has 2 aromatic carbocycles. The van der Waals surface area contributed by atoms with Gasteiger partial charge in [-0.15, -0.1) is 0 Å². The maximum Gasteiger partial charge on any atom is 0.251 e. The molecule has 0 aliphatic heterocycles. The number of nitrogens with one attached hydrogen (secondary N) is 2. The van der Waals surface area contributed by atoms with Crippen LogP contribution in [0.4, 0.5) is 8.78 Å². The first-order valence-corrected chi connectivity index (χ1v) is 9.50. The average Bonchev–Trinajstić information content (AvgIpc) is 3.35. The molecule has 0 radical (unpaired) electrons.